The summed E-state index contributed by atoms with van der Waals surface area (Å²) < 4.78 is 0. The number of nitrogens with one attached hydrogen (secondary N) is 2. The quantitative estimate of drug-likeness (QED) is 0.561. The Hall–Kier alpha value is -1.17. The second kappa shape index (κ2) is 5.95. The lowest BCUT2D eigenvalue weighted by atomic mass is 10.1. The van der Waals surface area contributed by atoms with Crippen LogP contribution in [-0.2, 0) is 9.59 Å². The lowest BCUT2D eigenvalue weighted by molar-refractivity contribution is -0.137. The summed E-state index contributed by atoms with van der Waals surface area (Å²) in [5, 5.41) is 5.89. The molecule has 1 unspecified atom stereocenters. The molecule has 2 amide bonds. The van der Waals surface area contributed by atoms with E-state index in [1.807, 2.05) is 6.92 Å². The van der Waals surface area contributed by atoms with Crippen LogP contribution in [0.4, 0.5) is 0 Å². The smallest absolute Gasteiger partial charge is 0.249 e. The van der Waals surface area contributed by atoms with Crippen LogP contribution in [0.3, 0.4) is 0 Å². The highest BCUT2D eigenvalue weighted by molar-refractivity contribution is 7.80. The summed E-state index contributed by atoms with van der Waals surface area (Å²) in [5.74, 6) is -0.104. The van der Waals surface area contributed by atoms with E-state index in [-0.39, 0.29) is 24.4 Å². The van der Waals surface area contributed by atoms with Crippen LogP contribution >= 0.6 is 12.2 Å². The highest BCUT2D eigenvalue weighted by Crippen LogP contribution is 2.09. The molecule has 0 aromatic carbocycles. The molecule has 1 fully saturated rings. The number of thiocarbonyl (C=S) groups is 1. The average molecular weight is 257 g/mol. The molecular formula is C11H19N3O2S. The van der Waals surface area contributed by atoms with Crippen molar-refractivity contribution >= 4 is 29.1 Å². The Morgan fingerprint density at radius 2 is 2.24 bits per heavy atom. The van der Waals surface area contributed by atoms with Gasteiger partial charge in [-0.05, 0) is 24.6 Å². The third-order valence-corrected chi connectivity index (χ3v) is 2.94. The molecule has 2 N–H and O–H groups in total. The van der Waals surface area contributed by atoms with Gasteiger partial charge in [0.15, 0.2) is 5.11 Å². The fourth-order valence-electron chi connectivity index (χ4n) is 1.68. The Morgan fingerprint density at radius 3 is 2.76 bits per heavy atom. The van der Waals surface area contributed by atoms with Crippen LogP contribution in [0.15, 0.2) is 0 Å². The van der Waals surface area contributed by atoms with Gasteiger partial charge in [0.1, 0.15) is 12.6 Å². The number of hydrogen-bond acceptors (Lipinski definition) is 3. The van der Waals surface area contributed by atoms with Crippen LogP contribution in [0.5, 0.6) is 0 Å². The van der Waals surface area contributed by atoms with Crippen LogP contribution in [-0.4, -0.2) is 41.0 Å². The van der Waals surface area contributed by atoms with E-state index in [1.165, 1.54) is 0 Å². The number of rotatable bonds is 3. The molecule has 0 aromatic heterocycles. The maximum absolute atomic E-state index is 11.6. The SMILES string of the molecule is CCC1C(=O)NC(=O)CN1C(=S)NCC(C)C. The highest BCUT2D eigenvalue weighted by atomic mass is 32.1. The first-order chi connectivity index (χ1) is 7.95. The number of carbonyl (C=O) groups excluding carboxylic acids is 2. The van der Waals surface area contributed by atoms with Gasteiger partial charge in [-0.25, -0.2) is 0 Å². The molecule has 1 aliphatic rings. The number of hydrogen-bond donors (Lipinski definition) is 2. The van der Waals surface area contributed by atoms with Crippen molar-refractivity contribution in [3.63, 3.8) is 0 Å². The molecule has 0 spiro atoms. The molecule has 5 nitrogen and oxygen atoms in total. The second-order valence-electron chi connectivity index (χ2n) is 4.54. The van der Waals surface area contributed by atoms with E-state index in [0.29, 0.717) is 17.5 Å². The van der Waals surface area contributed by atoms with Crippen molar-refractivity contribution in [1.82, 2.24) is 15.5 Å². The summed E-state index contributed by atoms with van der Waals surface area (Å²) in [4.78, 5) is 24.6. The Balaban J connectivity index is 2.67. The zero-order valence-electron chi connectivity index (χ0n) is 10.4. The third-order valence-electron chi connectivity index (χ3n) is 2.56. The Morgan fingerprint density at radius 1 is 1.59 bits per heavy atom. The monoisotopic (exact) mass is 257 g/mol. The Labute approximate surface area is 107 Å². The number of carbonyl (C=O) groups is 2. The molecule has 96 valence electrons. The van der Waals surface area contributed by atoms with Crippen molar-refractivity contribution in [2.45, 2.75) is 33.2 Å². The van der Waals surface area contributed by atoms with Gasteiger partial charge in [-0.3, -0.25) is 14.9 Å². The molecule has 1 aliphatic heterocycles. The van der Waals surface area contributed by atoms with Crippen molar-refractivity contribution in [1.29, 1.82) is 0 Å². The average Bonchev–Trinajstić information content (AvgIpc) is 2.24. The predicted octanol–water partition coefficient (Wildman–Crippen LogP) is 0.254. The van der Waals surface area contributed by atoms with Gasteiger partial charge in [0.05, 0.1) is 0 Å². The van der Waals surface area contributed by atoms with Gasteiger partial charge >= 0.3 is 0 Å². The first-order valence-electron chi connectivity index (χ1n) is 5.83. The summed E-state index contributed by atoms with van der Waals surface area (Å²) in [6, 6.07) is -0.347. The zero-order valence-corrected chi connectivity index (χ0v) is 11.3. The number of nitrogens with zero attached hydrogens (tertiary/aromatic N) is 1. The standard InChI is InChI=1S/C11H19N3O2S/c1-4-8-10(16)13-9(15)6-14(8)11(17)12-5-7(2)3/h7-8H,4-6H2,1-3H3,(H,12,17)(H,13,15,16). The van der Waals surface area contributed by atoms with Gasteiger partial charge in [0, 0.05) is 6.54 Å². The molecular weight excluding hydrogens is 238 g/mol. The maximum atomic E-state index is 11.6. The van der Waals surface area contributed by atoms with Gasteiger partial charge in [-0.1, -0.05) is 20.8 Å². The van der Waals surface area contributed by atoms with E-state index in [0.717, 1.165) is 6.54 Å². The van der Waals surface area contributed by atoms with Crippen LogP contribution < -0.4 is 10.6 Å². The van der Waals surface area contributed by atoms with Crippen molar-refractivity contribution in [2.75, 3.05) is 13.1 Å². The molecule has 0 saturated carbocycles. The normalized spacial score (nSPS) is 20.5. The molecule has 0 aromatic rings. The molecule has 17 heavy (non-hydrogen) atoms. The van der Waals surface area contributed by atoms with E-state index in [2.05, 4.69) is 24.5 Å². The summed E-state index contributed by atoms with van der Waals surface area (Å²) >= 11 is 5.22. The van der Waals surface area contributed by atoms with Gasteiger partial charge < -0.3 is 10.2 Å². The van der Waals surface area contributed by atoms with Gasteiger partial charge in [0.2, 0.25) is 11.8 Å². The minimum atomic E-state index is -0.347. The maximum Gasteiger partial charge on any atom is 0.249 e. The third kappa shape index (κ3) is 3.66. The Bertz CT molecular complexity index is 331. The molecule has 0 radical (unpaired) electrons. The minimum absolute atomic E-state index is 0.147. The summed E-state index contributed by atoms with van der Waals surface area (Å²) in [7, 11) is 0. The van der Waals surface area contributed by atoms with Crippen LogP contribution in [0, 0.1) is 5.92 Å². The van der Waals surface area contributed by atoms with E-state index < -0.39 is 0 Å². The lowest BCUT2D eigenvalue weighted by Crippen LogP contribution is -2.61. The lowest BCUT2D eigenvalue weighted by Gasteiger charge is -2.35. The molecule has 1 atom stereocenters. The first kappa shape index (κ1) is 13.9. The molecule has 6 heteroatoms. The number of amides is 2. The van der Waals surface area contributed by atoms with Crippen molar-refractivity contribution in [2.24, 2.45) is 5.92 Å². The molecule has 1 heterocycles. The van der Waals surface area contributed by atoms with Crippen LogP contribution in [0.1, 0.15) is 27.2 Å². The highest BCUT2D eigenvalue weighted by Gasteiger charge is 2.33. The van der Waals surface area contributed by atoms with Crippen molar-refractivity contribution in [3.05, 3.63) is 0 Å². The van der Waals surface area contributed by atoms with Crippen molar-refractivity contribution < 1.29 is 9.59 Å². The number of imide groups is 1. The number of piperazine rings is 1. The molecule has 0 aliphatic carbocycles. The van der Waals surface area contributed by atoms with Gasteiger partial charge in [-0.2, -0.15) is 0 Å². The van der Waals surface area contributed by atoms with Crippen LogP contribution in [0.2, 0.25) is 0 Å². The second-order valence-corrected chi connectivity index (χ2v) is 4.93. The predicted molar refractivity (Wildman–Crippen MR) is 69.4 cm³/mol. The van der Waals surface area contributed by atoms with E-state index in [4.69, 9.17) is 12.2 Å². The minimum Gasteiger partial charge on any atom is -0.362 e. The summed E-state index contributed by atoms with van der Waals surface area (Å²) in [5.41, 5.74) is 0. The fraction of sp³-hybridized carbons (Fsp3) is 0.727. The summed E-state index contributed by atoms with van der Waals surface area (Å²) in [6.07, 6.45) is 0.628. The van der Waals surface area contributed by atoms with Crippen molar-refractivity contribution in [3.8, 4) is 0 Å². The van der Waals surface area contributed by atoms with Gasteiger partial charge in [-0.15, -0.1) is 0 Å². The van der Waals surface area contributed by atoms with E-state index in [9.17, 15) is 9.59 Å². The Kier molecular flexibility index (Phi) is 4.86. The molecule has 0 bridgehead atoms. The van der Waals surface area contributed by atoms with Gasteiger partial charge in [0.25, 0.3) is 0 Å². The van der Waals surface area contributed by atoms with E-state index >= 15 is 0 Å². The zero-order chi connectivity index (χ0) is 13.0. The summed E-state index contributed by atoms with van der Waals surface area (Å²) in [6.45, 7) is 6.93. The van der Waals surface area contributed by atoms with Crippen LogP contribution in [0.25, 0.3) is 0 Å². The fourth-order valence-corrected chi connectivity index (χ4v) is 1.95. The molecule has 1 saturated heterocycles. The van der Waals surface area contributed by atoms with E-state index in [1.54, 1.807) is 4.90 Å². The largest absolute Gasteiger partial charge is 0.362 e. The first-order valence-corrected chi connectivity index (χ1v) is 6.24. The molecule has 1 rings (SSSR count). The topological polar surface area (TPSA) is 61.4 Å².